The van der Waals surface area contributed by atoms with Crippen molar-refractivity contribution in [3.63, 3.8) is 0 Å². The van der Waals surface area contributed by atoms with Crippen LogP contribution in [0.15, 0.2) is 35.5 Å². The minimum Gasteiger partial charge on any atom is -0.461 e. The zero-order valence-electron chi connectivity index (χ0n) is 23.1. The number of hydrogen-bond acceptors (Lipinski definition) is 7. The number of amides is 3. The molecule has 2 aliphatic carbocycles. The van der Waals surface area contributed by atoms with E-state index in [1.807, 2.05) is 31.2 Å². The molecule has 2 aromatic rings. The van der Waals surface area contributed by atoms with Crippen molar-refractivity contribution in [3.05, 3.63) is 46.8 Å². The van der Waals surface area contributed by atoms with E-state index in [4.69, 9.17) is 4.74 Å². The number of β-amino-alcohol motifs (C(OH)–C–C–N with tert-alkyl or cyclic N) is 1. The number of aromatic nitrogens is 1. The second-order valence-electron chi connectivity index (χ2n) is 11.9. The molecule has 2 fully saturated rings. The van der Waals surface area contributed by atoms with Crippen molar-refractivity contribution in [2.24, 2.45) is 5.41 Å². The molecule has 3 N–H and O–H groups in total. The largest absolute Gasteiger partial charge is 0.461 e. The zero-order chi connectivity index (χ0) is 28.8. The maximum Gasteiger partial charge on any atom is 0.258 e. The molecule has 0 spiro atoms. The van der Waals surface area contributed by atoms with Crippen LogP contribution in [0.4, 0.5) is 4.39 Å². The number of halogens is 1. The summed E-state index contributed by atoms with van der Waals surface area (Å²) in [5, 5.41) is 15.9. The second-order valence-corrected chi connectivity index (χ2v) is 12.8. The highest BCUT2D eigenvalue weighted by atomic mass is 32.1. The summed E-state index contributed by atoms with van der Waals surface area (Å²) in [5.74, 6) is -0.262. The molecular weight excluding hydrogens is 535 g/mol. The summed E-state index contributed by atoms with van der Waals surface area (Å²) in [6, 6.07) is 3.81. The number of hydrogen-bond donors (Lipinski definition) is 3. The van der Waals surface area contributed by atoms with Crippen LogP contribution in [0.5, 0.6) is 5.75 Å². The lowest BCUT2D eigenvalue weighted by Crippen LogP contribution is -2.59. The minimum atomic E-state index is -1.93. The van der Waals surface area contributed by atoms with E-state index in [9.17, 15) is 23.9 Å². The quantitative estimate of drug-likeness (QED) is 0.425. The second kappa shape index (κ2) is 10.6. The average Bonchev–Trinajstić information content (AvgIpc) is 3.78. The van der Waals surface area contributed by atoms with Gasteiger partial charge in [-0.15, -0.1) is 11.3 Å². The Kier molecular flexibility index (Phi) is 7.47. The highest BCUT2D eigenvalue weighted by molar-refractivity contribution is 7.13. The molecule has 0 unspecified atom stereocenters. The van der Waals surface area contributed by atoms with Crippen molar-refractivity contribution in [1.82, 2.24) is 20.5 Å². The van der Waals surface area contributed by atoms with Gasteiger partial charge in [0.1, 0.15) is 23.6 Å². The van der Waals surface area contributed by atoms with Crippen LogP contribution in [0.25, 0.3) is 10.4 Å². The molecule has 3 aliphatic rings. The first-order chi connectivity index (χ1) is 18.9. The van der Waals surface area contributed by atoms with Crippen LogP contribution in [0.3, 0.4) is 0 Å². The van der Waals surface area contributed by atoms with Gasteiger partial charge in [-0.05, 0) is 42.9 Å². The van der Waals surface area contributed by atoms with E-state index < -0.39 is 47.0 Å². The molecular formula is C29H35FN4O5S. The zero-order valence-corrected chi connectivity index (χ0v) is 23.9. The standard InChI is InChI=1S/C29H35FN4O5S/c1-16-23(40-15-32-16)17-5-6-18(22(11-17)39-20-7-8-20)13-31-25(36)21-12-19(35)14-34(21)26(37)24(28(2,3)4)33-27(38)29(30)9-10-29/h5-7,11,15,19,21,24,35H,8-10,12-14H2,1-4H3,(H,31,36)(H,33,38)/t19-,21+,24-/m1/s1. The molecule has 2 heterocycles. The first kappa shape index (κ1) is 28.2. The van der Waals surface area contributed by atoms with E-state index in [1.165, 1.54) is 4.90 Å². The third-order valence-electron chi connectivity index (χ3n) is 7.49. The summed E-state index contributed by atoms with van der Waals surface area (Å²) in [7, 11) is 0. The van der Waals surface area contributed by atoms with E-state index in [1.54, 1.807) is 37.6 Å². The van der Waals surface area contributed by atoms with E-state index in [0.717, 1.165) is 33.9 Å². The number of ether oxygens (including phenoxy) is 1. The van der Waals surface area contributed by atoms with Crippen LogP contribution in [-0.2, 0) is 20.9 Å². The van der Waals surface area contributed by atoms with Gasteiger partial charge in [0.2, 0.25) is 11.8 Å². The number of rotatable bonds is 9. The maximum atomic E-state index is 14.4. The molecule has 11 heteroatoms. The Morgan fingerprint density at radius 3 is 2.62 bits per heavy atom. The molecule has 0 radical (unpaired) electrons. The molecule has 1 aromatic carbocycles. The number of alkyl halides is 1. The van der Waals surface area contributed by atoms with Crippen LogP contribution in [0, 0.1) is 12.3 Å². The lowest BCUT2D eigenvalue weighted by Gasteiger charge is -2.35. The SMILES string of the molecule is Cc1ncsc1-c1ccc(CNC(=O)[C@@H]2C[C@@H](O)CN2C(=O)[C@@H](NC(=O)C2(F)CC2)C(C)(C)C)c(OC2=CC2)c1. The van der Waals surface area contributed by atoms with Crippen LogP contribution < -0.4 is 15.4 Å². The van der Waals surface area contributed by atoms with Crippen molar-refractivity contribution in [2.45, 2.75) is 83.8 Å². The fourth-order valence-electron chi connectivity index (χ4n) is 4.80. The molecule has 214 valence electrons. The summed E-state index contributed by atoms with van der Waals surface area (Å²) < 4.78 is 20.4. The van der Waals surface area contributed by atoms with Crippen molar-refractivity contribution in [1.29, 1.82) is 0 Å². The van der Waals surface area contributed by atoms with Gasteiger partial charge in [-0.3, -0.25) is 14.4 Å². The highest BCUT2D eigenvalue weighted by Gasteiger charge is 2.53. The van der Waals surface area contributed by atoms with Gasteiger partial charge in [0.25, 0.3) is 5.91 Å². The van der Waals surface area contributed by atoms with Gasteiger partial charge in [0.15, 0.2) is 5.67 Å². The fourth-order valence-corrected chi connectivity index (χ4v) is 5.60. The monoisotopic (exact) mass is 570 g/mol. The number of allylic oxidation sites excluding steroid dienone is 2. The normalized spacial score (nSPS) is 21.9. The summed E-state index contributed by atoms with van der Waals surface area (Å²) in [4.78, 5) is 46.1. The summed E-state index contributed by atoms with van der Waals surface area (Å²) in [5.41, 5.74) is 1.78. The summed E-state index contributed by atoms with van der Waals surface area (Å²) in [6.07, 6.45) is 2.18. The first-order valence-electron chi connectivity index (χ1n) is 13.5. The predicted molar refractivity (Wildman–Crippen MR) is 148 cm³/mol. The Morgan fingerprint density at radius 2 is 2.02 bits per heavy atom. The van der Waals surface area contributed by atoms with E-state index >= 15 is 0 Å². The van der Waals surface area contributed by atoms with E-state index in [2.05, 4.69) is 15.6 Å². The lowest BCUT2D eigenvalue weighted by molar-refractivity contribution is -0.145. The molecule has 3 atom stereocenters. The number of nitrogens with zero attached hydrogens (tertiary/aromatic N) is 2. The topological polar surface area (TPSA) is 121 Å². The number of nitrogens with one attached hydrogen (secondary N) is 2. The van der Waals surface area contributed by atoms with Gasteiger partial charge in [0.05, 0.1) is 22.2 Å². The number of carbonyl (C=O) groups is 3. The Balaban J connectivity index is 1.30. The van der Waals surface area contributed by atoms with Crippen molar-refractivity contribution in [3.8, 4) is 16.2 Å². The predicted octanol–water partition coefficient (Wildman–Crippen LogP) is 3.40. The van der Waals surface area contributed by atoms with Crippen LogP contribution >= 0.6 is 11.3 Å². The van der Waals surface area contributed by atoms with E-state index in [-0.39, 0.29) is 32.4 Å². The molecule has 5 rings (SSSR count). The number of aliphatic hydroxyl groups is 1. The third kappa shape index (κ3) is 6.05. The molecule has 3 amide bonds. The molecule has 0 bridgehead atoms. The first-order valence-corrected chi connectivity index (χ1v) is 14.4. The van der Waals surface area contributed by atoms with Gasteiger partial charge in [-0.25, -0.2) is 9.37 Å². The van der Waals surface area contributed by atoms with Crippen molar-refractivity contribution < 1.29 is 28.6 Å². The highest BCUT2D eigenvalue weighted by Crippen LogP contribution is 2.40. The van der Waals surface area contributed by atoms with Crippen LogP contribution in [0.1, 0.15) is 57.7 Å². The van der Waals surface area contributed by atoms with Gasteiger partial charge in [0, 0.05) is 31.5 Å². The number of aliphatic hydroxyl groups excluding tert-OH is 1. The number of thiazole rings is 1. The van der Waals surface area contributed by atoms with Gasteiger partial charge in [-0.2, -0.15) is 0 Å². The molecule has 1 aromatic heterocycles. The molecule has 1 saturated carbocycles. The lowest BCUT2D eigenvalue weighted by atomic mass is 9.85. The molecule has 1 saturated heterocycles. The summed E-state index contributed by atoms with van der Waals surface area (Å²) in [6.45, 7) is 7.36. The Hall–Kier alpha value is -3.31. The number of carbonyl (C=O) groups excluding carboxylic acids is 3. The van der Waals surface area contributed by atoms with Gasteiger partial charge >= 0.3 is 0 Å². The maximum absolute atomic E-state index is 14.4. The molecule has 1 aliphatic heterocycles. The van der Waals surface area contributed by atoms with Crippen molar-refractivity contribution >= 4 is 29.1 Å². The van der Waals surface area contributed by atoms with Crippen LogP contribution in [-0.4, -0.2) is 63.1 Å². The minimum absolute atomic E-state index is 0.0500. The number of benzene rings is 1. The number of aryl methyl sites for hydroxylation is 1. The Morgan fingerprint density at radius 1 is 1.30 bits per heavy atom. The van der Waals surface area contributed by atoms with Gasteiger partial charge < -0.3 is 25.4 Å². The smallest absolute Gasteiger partial charge is 0.258 e. The van der Waals surface area contributed by atoms with E-state index in [0.29, 0.717) is 5.75 Å². The van der Waals surface area contributed by atoms with Crippen molar-refractivity contribution in [2.75, 3.05) is 6.54 Å². The van der Waals surface area contributed by atoms with Gasteiger partial charge in [-0.1, -0.05) is 32.9 Å². The fraction of sp³-hybridized carbons (Fsp3) is 0.517. The third-order valence-corrected chi connectivity index (χ3v) is 8.47. The molecule has 40 heavy (non-hydrogen) atoms. The average molecular weight is 571 g/mol. The summed E-state index contributed by atoms with van der Waals surface area (Å²) >= 11 is 1.54. The Bertz CT molecular complexity index is 1360. The molecule has 9 nitrogen and oxygen atoms in total. The number of likely N-dealkylation sites (tertiary alicyclic amines) is 1. The van der Waals surface area contributed by atoms with Crippen LogP contribution in [0.2, 0.25) is 0 Å². The Labute approximate surface area is 236 Å².